The van der Waals surface area contributed by atoms with Crippen LogP contribution in [0, 0.1) is 6.92 Å². The Kier molecular flexibility index (Phi) is 5.33. The molecule has 0 aromatic carbocycles. The first-order valence-corrected chi connectivity index (χ1v) is 8.37. The molecule has 0 saturated carbocycles. The highest BCUT2D eigenvalue weighted by atomic mass is 32.2. The SMILES string of the molecule is Cc1sc(CNC(C)C)cc1S(=O)(=O)NC(C)C. The summed E-state index contributed by atoms with van der Waals surface area (Å²) in [6.45, 7) is 10.3. The molecule has 4 nitrogen and oxygen atoms in total. The maximum atomic E-state index is 12.1. The van der Waals surface area contributed by atoms with E-state index in [2.05, 4.69) is 23.9 Å². The molecule has 0 amide bonds. The van der Waals surface area contributed by atoms with Crippen molar-refractivity contribution < 1.29 is 8.42 Å². The van der Waals surface area contributed by atoms with E-state index in [0.717, 1.165) is 9.75 Å². The molecule has 18 heavy (non-hydrogen) atoms. The van der Waals surface area contributed by atoms with Gasteiger partial charge in [-0.05, 0) is 26.8 Å². The standard InChI is InChI=1S/C12H22N2O2S2/c1-8(2)13-7-11-6-12(10(5)17-11)18(15,16)14-9(3)4/h6,8-9,13-14H,7H2,1-5H3. The molecule has 104 valence electrons. The summed E-state index contributed by atoms with van der Waals surface area (Å²) in [6.07, 6.45) is 0. The Balaban J connectivity index is 2.91. The first kappa shape index (κ1) is 15.6. The van der Waals surface area contributed by atoms with Gasteiger partial charge in [0, 0.05) is 28.4 Å². The van der Waals surface area contributed by atoms with Crippen molar-refractivity contribution in [2.24, 2.45) is 0 Å². The van der Waals surface area contributed by atoms with Gasteiger partial charge in [-0.15, -0.1) is 11.3 Å². The van der Waals surface area contributed by atoms with E-state index in [0.29, 0.717) is 17.5 Å². The Morgan fingerprint density at radius 3 is 2.33 bits per heavy atom. The maximum absolute atomic E-state index is 12.1. The summed E-state index contributed by atoms with van der Waals surface area (Å²) in [6, 6.07) is 2.06. The van der Waals surface area contributed by atoms with Crippen molar-refractivity contribution in [3.05, 3.63) is 15.8 Å². The van der Waals surface area contributed by atoms with Crippen LogP contribution in [0.4, 0.5) is 0 Å². The van der Waals surface area contributed by atoms with Gasteiger partial charge < -0.3 is 5.32 Å². The second-order valence-electron chi connectivity index (χ2n) is 4.94. The average molecular weight is 290 g/mol. The Morgan fingerprint density at radius 1 is 1.22 bits per heavy atom. The topological polar surface area (TPSA) is 58.2 Å². The van der Waals surface area contributed by atoms with Crippen molar-refractivity contribution in [3.63, 3.8) is 0 Å². The summed E-state index contributed by atoms with van der Waals surface area (Å²) in [7, 11) is -3.38. The molecule has 0 bridgehead atoms. The normalized spacial score (nSPS) is 12.6. The molecule has 1 aromatic rings. The smallest absolute Gasteiger partial charge is 0.241 e. The summed E-state index contributed by atoms with van der Waals surface area (Å²) in [5, 5.41) is 3.29. The summed E-state index contributed by atoms with van der Waals surface area (Å²) < 4.78 is 26.8. The predicted octanol–water partition coefficient (Wildman–Crippen LogP) is 2.24. The monoisotopic (exact) mass is 290 g/mol. The van der Waals surface area contributed by atoms with E-state index in [1.807, 2.05) is 20.8 Å². The van der Waals surface area contributed by atoms with Gasteiger partial charge in [-0.1, -0.05) is 13.8 Å². The summed E-state index contributed by atoms with van der Waals surface area (Å²) in [4.78, 5) is 2.29. The summed E-state index contributed by atoms with van der Waals surface area (Å²) in [5.41, 5.74) is 0. The van der Waals surface area contributed by atoms with Gasteiger partial charge >= 0.3 is 0 Å². The molecular formula is C12H22N2O2S2. The molecule has 0 aliphatic carbocycles. The number of sulfonamides is 1. The average Bonchev–Trinajstić information content (AvgIpc) is 2.55. The first-order valence-electron chi connectivity index (χ1n) is 6.07. The van der Waals surface area contributed by atoms with Gasteiger partial charge in [-0.25, -0.2) is 13.1 Å². The van der Waals surface area contributed by atoms with Crippen molar-refractivity contribution in [1.29, 1.82) is 0 Å². The van der Waals surface area contributed by atoms with Crippen LogP contribution in [-0.4, -0.2) is 20.5 Å². The fourth-order valence-electron chi connectivity index (χ4n) is 1.56. The van der Waals surface area contributed by atoms with Crippen LogP contribution in [0.15, 0.2) is 11.0 Å². The van der Waals surface area contributed by atoms with Crippen molar-refractivity contribution in [2.75, 3.05) is 0 Å². The van der Waals surface area contributed by atoms with Gasteiger partial charge in [0.15, 0.2) is 0 Å². The van der Waals surface area contributed by atoms with Crippen LogP contribution in [0.5, 0.6) is 0 Å². The Hall–Kier alpha value is -0.430. The first-order chi connectivity index (χ1) is 8.22. The highest BCUT2D eigenvalue weighted by molar-refractivity contribution is 7.89. The van der Waals surface area contributed by atoms with Gasteiger partial charge in [0.1, 0.15) is 0 Å². The van der Waals surface area contributed by atoms with E-state index >= 15 is 0 Å². The zero-order valence-corrected chi connectivity index (χ0v) is 13.2. The van der Waals surface area contributed by atoms with Crippen LogP contribution in [0.3, 0.4) is 0 Å². The predicted molar refractivity (Wildman–Crippen MR) is 76.5 cm³/mol. The molecule has 0 aliphatic rings. The Labute approximate surface area is 114 Å². The van der Waals surface area contributed by atoms with Gasteiger partial charge in [0.25, 0.3) is 0 Å². The fourth-order valence-corrected chi connectivity index (χ4v) is 4.39. The van der Waals surface area contributed by atoms with Crippen molar-refractivity contribution >= 4 is 21.4 Å². The molecule has 1 aromatic heterocycles. The largest absolute Gasteiger partial charge is 0.310 e. The fraction of sp³-hybridized carbons (Fsp3) is 0.667. The van der Waals surface area contributed by atoms with Crippen LogP contribution in [0.2, 0.25) is 0 Å². The lowest BCUT2D eigenvalue weighted by molar-refractivity contribution is 0.569. The lowest BCUT2D eigenvalue weighted by Crippen LogP contribution is -2.30. The Morgan fingerprint density at radius 2 is 1.83 bits per heavy atom. The second kappa shape index (κ2) is 6.14. The lowest BCUT2D eigenvalue weighted by atomic mass is 10.3. The van der Waals surface area contributed by atoms with E-state index in [-0.39, 0.29) is 6.04 Å². The molecule has 0 spiro atoms. The maximum Gasteiger partial charge on any atom is 0.241 e. The van der Waals surface area contributed by atoms with E-state index < -0.39 is 10.0 Å². The molecule has 6 heteroatoms. The molecule has 0 atom stereocenters. The molecule has 0 aliphatic heterocycles. The highest BCUT2D eigenvalue weighted by Crippen LogP contribution is 2.25. The molecule has 0 fully saturated rings. The van der Waals surface area contributed by atoms with Crippen molar-refractivity contribution in [1.82, 2.24) is 10.0 Å². The zero-order valence-electron chi connectivity index (χ0n) is 11.6. The number of hydrogen-bond donors (Lipinski definition) is 2. The second-order valence-corrected chi connectivity index (χ2v) is 7.97. The number of nitrogens with one attached hydrogen (secondary N) is 2. The van der Waals surface area contributed by atoms with Crippen LogP contribution >= 0.6 is 11.3 Å². The van der Waals surface area contributed by atoms with Crippen LogP contribution in [-0.2, 0) is 16.6 Å². The highest BCUT2D eigenvalue weighted by Gasteiger charge is 2.20. The minimum atomic E-state index is -3.38. The summed E-state index contributed by atoms with van der Waals surface area (Å²) >= 11 is 1.53. The van der Waals surface area contributed by atoms with E-state index in [1.54, 1.807) is 6.07 Å². The Bertz CT molecular complexity index is 490. The zero-order chi connectivity index (χ0) is 13.9. The van der Waals surface area contributed by atoms with Gasteiger partial charge in [-0.2, -0.15) is 0 Å². The molecular weight excluding hydrogens is 268 g/mol. The van der Waals surface area contributed by atoms with Gasteiger partial charge in [-0.3, -0.25) is 0 Å². The third-order valence-corrected chi connectivity index (χ3v) is 5.25. The number of aryl methyl sites for hydroxylation is 1. The van der Waals surface area contributed by atoms with Gasteiger partial charge in [0.05, 0.1) is 4.90 Å². The molecule has 2 N–H and O–H groups in total. The van der Waals surface area contributed by atoms with E-state index in [1.165, 1.54) is 11.3 Å². The molecule has 0 unspecified atom stereocenters. The van der Waals surface area contributed by atoms with E-state index in [9.17, 15) is 8.42 Å². The minimum Gasteiger partial charge on any atom is -0.310 e. The summed E-state index contributed by atoms with van der Waals surface area (Å²) in [5.74, 6) is 0. The van der Waals surface area contributed by atoms with Gasteiger partial charge in [0.2, 0.25) is 10.0 Å². The quantitative estimate of drug-likeness (QED) is 0.845. The van der Waals surface area contributed by atoms with Crippen LogP contribution in [0.1, 0.15) is 37.4 Å². The minimum absolute atomic E-state index is 0.0912. The lowest BCUT2D eigenvalue weighted by Gasteiger charge is -2.08. The molecule has 0 saturated heterocycles. The van der Waals surface area contributed by atoms with Crippen molar-refractivity contribution in [2.45, 2.75) is 58.1 Å². The number of hydrogen-bond acceptors (Lipinski definition) is 4. The third-order valence-electron chi connectivity index (χ3n) is 2.29. The molecule has 0 radical (unpaired) electrons. The van der Waals surface area contributed by atoms with E-state index in [4.69, 9.17) is 0 Å². The molecule has 1 heterocycles. The van der Waals surface area contributed by atoms with Crippen molar-refractivity contribution in [3.8, 4) is 0 Å². The third kappa shape index (κ3) is 4.35. The van der Waals surface area contributed by atoms with Crippen LogP contribution in [0.25, 0.3) is 0 Å². The molecule has 1 rings (SSSR count). The van der Waals surface area contributed by atoms with Crippen LogP contribution < -0.4 is 10.0 Å². The number of thiophene rings is 1. The number of rotatable bonds is 6.